The molecule has 0 spiro atoms. The number of hydrogen-bond acceptors (Lipinski definition) is 3. The van der Waals surface area contributed by atoms with Crippen molar-refractivity contribution in [2.75, 3.05) is 12.8 Å². The summed E-state index contributed by atoms with van der Waals surface area (Å²) in [5.41, 5.74) is 8.32. The number of halogens is 1. The summed E-state index contributed by atoms with van der Waals surface area (Å²) in [6.45, 7) is 1.90. The van der Waals surface area contributed by atoms with Crippen LogP contribution in [0.5, 0.6) is 0 Å². The summed E-state index contributed by atoms with van der Waals surface area (Å²) in [5.74, 6) is -0.220. The quantitative estimate of drug-likeness (QED) is 0.637. The van der Waals surface area contributed by atoms with Crippen LogP contribution in [-0.2, 0) is 16.0 Å². The highest BCUT2D eigenvalue weighted by Gasteiger charge is 2.07. The number of carbonyl (C=O) groups excluding carboxylic acids is 1. The van der Waals surface area contributed by atoms with Gasteiger partial charge in [0.25, 0.3) is 0 Å². The van der Waals surface area contributed by atoms with Crippen LogP contribution in [0, 0.1) is 6.92 Å². The number of esters is 1. The first kappa shape index (κ1) is 11.9. The molecule has 2 N–H and O–H groups in total. The number of nitrogen functional groups attached to an aromatic ring is 1. The summed E-state index contributed by atoms with van der Waals surface area (Å²) in [6.07, 6.45) is 0.984. The van der Waals surface area contributed by atoms with Gasteiger partial charge in [-0.15, -0.1) is 0 Å². The number of rotatable bonds is 3. The Bertz CT molecular complexity index is 377. The number of ether oxygens (including phenoxy) is 1. The van der Waals surface area contributed by atoms with E-state index < -0.39 is 0 Å². The molecular weight excluding hydrogens is 214 g/mol. The number of benzene rings is 1. The number of nitrogens with two attached hydrogens (primary N) is 1. The second-order valence-electron chi connectivity index (χ2n) is 3.32. The third-order valence-electron chi connectivity index (χ3n) is 2.40. The van der Waals surface area contributed by atoms with Gasteiger partial charge in [-0.25, -0.2) is 0 Å². The normalized spacial score (nSPS) is 10.1. The Morgan fingerprint density at radius 1 is 1.53 bits per heavy atom. The average molecular weight is 228 g/mol. The van der Waals surface area contributed by atoms with Gasteiger partial charge in [0.15, 0.2) is 0 Å². The van der Waals surface area contributed by atoms with Crippen molar-refractivity contribution in [3.05, 3.63) is 28.3 Å². The lowest BCUT2D eigenvalue weighted by atomic mass is 10.0. The molecule has 0 aromatic heterocycles. The topological polar surface area (TPSA) is 52.3 Å². The van der Waals surface area contributed by atoms with Gasteiger partial charge in [-0.1, -0.05) is 17.7 Å². The lowest BCUT2D eigenvalue weighted by Crippen LogP contribution is -2.04. The Morgan fingerprint density at radius 3 is 2.80 bits per heavy atom. The first-order chi connectivity index (χ1) is 7.06. The van der Waals surface area contributed by atoms with Gasteiger partial charge >= 0.3 is 5.97 Å². The van der Waals surface area contributed by atoms with E-state index in [-0.39, 0.29) is 5.97 Å². The molecule has 3 nitrogen and oxygen atoms in total. The zero-order valence-electron chi connectivity index (χ0n) is 8.84. The van der Waals surface area contributed by atoms with E-state index in [1.54, 1.807) is 6.07 Å². The maximum Gasteiger partial charge on any atom is 0.305 e. The van der Waals surface area contributed by atoms with Crippen LogP contribution in [0.1, 0.15) is 17.5 Å². The van der Waals surface area contributed by atoms with E-state index in [0.717, 1.165) is 11.1 Å². The molecule has 0 aliphatic heterocycles. The summed E-state index contributed by atoms with van der Waals surface area (Å²) in [7, 11) is 1.38. The molecular formula is C11H14ClNO2. The summed E-state index contributed by atoms with van der Waals surface area (Å²) < 4.78 is 4.57. The van der Waals surface area contributed by atoms with E-state index in [2.05, 4.69) is 4.74 Å². The molecule has 0 bridgehead atoms. The first-order valence-electron chi connectivity index (χ1n) is 4.66. The lowest BCUT2D eigenvalue weighted by Gasteiger charge is -2.09. The van der Waals surface area contributed by atoms with Crippen LogP contribution in [0.4, 0.5) is 5.69 Å². The zero-order valence-corrected chi connectivity index (χ0v) is 9.60. The van der Waals surface area contributed by atoms with E-state index in [1.165, 1.54) is 7.11 Å². The zero-order chi connectivity index (χ0) is 11.4. The molecule has 0 unspecified atom stereocenters. The van der Waals surface area contributed by atoms with E-state index in [0.29, 0.717) is 23.6 Å². The van der Waals surface area contributed by atoms with Crippen LogP contribution in [0.15, 0.2) is 12.1 Å². The molecule has 82 valence electrons. The van der Waals surface area contributed by atoms with Gasteiger partial charge in [0.2, 0.25) is 0 Å². The van der Waals surface area contributed by atoms with Gasteiger partial charge in [-0.05, 0) is 30.5 Å². The van der Waals surface area contributed by atoms with E-state index in [9.17, 15) is 4.79 Å². The van der Waals surface area contributed by atoms with Crippen LogP contribution >= 0.6 is 11.6 Å². The Balaban J connectivity index is 2.78. The molecule has 0 aliphatic rings. The predicted molar refractivity (Wildman–Crippen MR) is 60.9 cm³/mol. The molecule has 1 rings (SSSR count). The summed E-state index contributed by atoms with van der Waals surface area (Å²) >= 11 is 5.86. The second-order valence-corrected chi connectivity index (χ2v) is 3.73. The number of anilines is 1. The Kier molecular flexibility index (Phi) is 3.97. The minimum absolute atomic E-state index is 0.220. The highest BCUT2D eigenvalue weighted by atomic mass is 35.5. The van der Waals surface area contributed by atoms with Gasteiger partial charge in [0, 0.05) is 6.42 Å². The largest absolute Gasteiger partial charge is 0.469 e. The highest BCUT2D eigenvalue weighted by Crippen LogP contribution is 2.25. The first-order valence-corrected chi connectivity index (χ1v) is 5.04. The fraction of sp³-hybridized carbons (Fsp3) is 0.364. The molecule has 0 radical (unpaired) electrons. The van der Waals surface area contributed by atoms with E-state index >= 15 is 0 Å². The van der Waals surface area contributed by atoms with Crippen molar-refractivity contribution in [1.82, 2.24) is 0 Å². The van der Waals surface area contributed by atoms with Crippen molar-refractivity contribution in [3.8, 4) is 0 Å². The minimum Gasteiger partial charge on any atom is -0.469 e. The maximum atomic E-state index is 11.0. The van der Waals surface area contributed by atoms with Crippen molar-refractivity contribution < 1.29 is 9.53 Å². The SMILES string of the molecule is COC(=O)CCc1ccc(Cl)c(N)c1C. The van der Waals surface area contributed by atoms with Gasteiger partial charge in [-0.3, -0.25) is 4.79 Å². The van der Waals surface area contributed by atoms with Crippen LogP contribution in [0.25, 0.3) is 0 Å². The fourth-order valence-corrected chi connectivity index (χ4v) is 1.55. The molecule has 0 fully saturated rings. The van der Waals surface area contributed by atoms with Crippen LogP contribution in [0.3, 0.4) is 0 Å². The summed E-state index contributed by atoms with van der Waals surface area (Å²) in [4.78, 5) is 11.0. The lowest BCUT2D eigenvalue weighted by molar-refractivity contribution is -0.140. The Labute approximate surface area is 94.2 Å². The second kappa shape index (κ2) is 5.03. The highest BCUT2D eigenvalue weighted by molar-refractivity contribution is 6.33. The maximum absolute atomic E-state index is 11.0. The van der Waals surface area contributed by atoms with Crippen LogP contribution in [-0.4, -0.2) is 13.1 Å². The summed E-state index contributed by atoms with van der Waals surface area (Å²) in [6, 6.07) is 3.63. The average Bonchev–Trinajstić information content (AvgIpc) is 2.24. The number of hydrogen-bond donors (Lipinski definition) is 1. The third kappa shape index (κ3) is 2.86. The molecule has 4 heteroatoms. The standard InChI is InChI=1S/C11H14ClNO2/c1-7-8(4-6-10(14)15-2)3-5-9(12)11(7)13/h3,5H,4,6,13H2,1-2H3. The van der Waals surface area contributed by atoms with Crippen molar-refractivity contribution >= 4 is 23.3 Å². The van der Waals surface area contributed by atoms with Crippen molar-refractivity contribution in [2.45, 2.75) is 19.8 Å². The minimum atomic E-state index is -0.220. The monoisotopic (exact) mass is 227 g/mol. The van der Waals surface area contributed by atoms with Crippen LogP contribution in [0.2, 0.25) is 5.02 Å². The molecule has 15 heavy (non-hydrogen) atoms. The van der Waals surface area contributed by atoms with Gasteiger partial charge in [0.05, 0.1) is 17.8 Å². The molecule has 0 atom stereocenters. The van der Waals surface area contributed by atoms with Gasteiger partial charge in [-0.2, -0.15) is 0 Å². The Morgan fingerprint density at radius 2 is 2.20 bits per heavy atom. The number of aryl methyl sites for hydroxylation is 1. The number of methoxy groups -OCH3 is 1. The van der Waals surface area contributed by atoms with Gasteiger partial charge in [0.1, 0.15) is 0 Å². The number of carbonyl (C=O) groups is 1. The smallest absolute Gasteiger partial charge is 0.305 e. The van der Waals surface area contributed by atoms with Crippen molar-refractivity contribution in [3.63, 3.8) is 0 Å². The molecule has 1 aromatic carbocycles. The van der Waals surface area contributed by atoms with Crippen molar-refractivity contribution in [2.24, 2.45) is 0 Å². The molecule has 0 amide bonds. The van der Waals surface area contributed by atoms with E-state index in [4.69, 9.17) is 17.3 Å². The molecule has 0 saturated heterocycles. The van der Waals surface area contributed by atoms with E-state index in [1.807, 2.05) is 13.0 Å². The fourth-order valence-electron chi connectivity index (χ4n) is 1.35. The van der Waals surface area contributed by atoms with Gasteiger partial charge < -0.3 is 10.5 Å². The van der Waals surface area contributed by atoms with Crippen molar-refractivity contribution in [1.29, 1.82) is 0 Å². The molecule has 1 aromatic rings. The molecule has 0 saturated carbocycles. The van der Waals surface area contributed by atoms with Crippen LogP contribution < -0.4 is 5.73 Å². The third-order valence-corrected chi connectivity index (χ3v) is 2.73. The Hall–Kier alpha value is -1.22. The molecule has 0 heterocycles. The molecule has 0 aliphatic carbocycles. The summed E-state index contributed by atoms with van der Waals surface area (Å²) in [5, 5.41) is 0.550. The predicted octanol–water partition coefficient (Wildman–Crippen LogP) is 2.34.